The summed E-state index contributed by atoms with van der Waals surface area (Å²) >= 11 is 0. The summed E-state index contributed by atoms with van der Waals surface area (Å²) in [5, 5.41) is 3.27. The van der Waals surface area contributed by atoms with Crippen molar-refractivity contribution in [3.63, 3.8) is 0 Å². The first kappa shape index (κ1) is 13.0. The van der Waals surface area contributed by atoms with E-state index in [1.807, 2.05) is 0 Å². The van der Waals surface area contributed by atoms with Gasteiger partial charge in [-0.05, 0) is 31.4 Å². The molecule has 1 N–H and O–H groups in total. The van der Waals surface area contributed by atoms with Crippen molar-refractivity contribution in [1.82, 2.24) is 14.9 Å². The predicted octanol–water partition coefficient (Wildman–Crippen LogP) is 2.98. The molecule has 2 heterocycles. The minimum absolute atomic E-state index is 0.0487. The van der Waals surface area contributed by atoms with Crippen molar-refractivity contribution in [2.75, 3.05) is 6.54 Å². The maximum Gasteiger partial charge on any atom is 0.153 e. The van der Waals surface area contributed by atoms with E-state index in [4.69, 9.17) is 0 Å². The number of nitrogens with one attached hydrogen (secondary N) is 1. The molecule has 2 aliphatic rings. The highest BCUT2D eigenvalue weighted by molar-refractivity contribution is 5.44. The second-order valence-electron chi connectivity index (χ2n) is 5.93. The van der Waals surface area contributed by atoms with Crippen LogP contribution in [0.4, 0.5) is 8.78 Å². The predicted molar refractivity (Wildman–Crippen MR) is 75.6 cm³/mol. The fourth-order valence-electron chi connectivity index (χ4n) is 3.04. The highest BCUT2D eigenvalue weighted by atomic mass is 19.1. The van der Waals surface area contributed by atoms with E-state index >= 15 is 0 Å². The fourth-order valence-corrected chi connectivity index (χ4v) is 3.04. The van der Waals surface area contributed by atoms with Gasteiger partial charge in [-0.1, -0.05) is 6.07 Å². The molecule has 1 aromatic heterocycles. The van der Waals surface area contributed by atoms with Gasteiger partial charge in [0.1, 0.15) is 17.3 Å². The largest absolute Gasteiger partial charge is 0.311 e. The minimum atomic E-state index is -0.515. The Kier molecular flexibility index (Phi) is 2.85. The van der Waals surface area contributed by atoms with Crippen LogP contribution in [-0.4, -0.2) is 16.1 Å². The van der Waals surface area contributed by atoms with Crippen LogP contribution in [0.25, 0.3) is 5.69 Å². The Morgan fingerprint density at radius 2 is 2.10 bits per heavy atom. The van der Waals surface area contributed by atoms with Gasteiger partial charge in [0.15, 0.2) is 5.82 Å². The molecule has 0 radical (unpaired) electrons. The summed E-state index contributed by atoms with van der Waals surface area (Å²) in [6.07, 6.45) is 2.86. The molecule has 1 saturated carbocycles. The van der Waals surface area contributed by atoms with Crippen molar-refractivity contribution in [3.8, 4) is 5.69 Å². The molecule has 4 rings (SSSR count). The first-order valence-electron chi connectivity index (χ1n) is 7.43. The number of hydrogen-bond acceptors (Lipinski definition) is 2. The topological polar surface area (TPSA) is 29.9 Å². The average molecular weight is 289 g/mol. The molecule has 2 aromatic rings. The van der Waals surface area contributed by atoms with Gasteiger partial charge in [0.05, 0.1) is 5.69 Å². The van der Waals surface area contributed by atoms with E-state index in [1.54, 1.807) is 11.5 Å². The summed E-state index contributed by atoms with van der Waals surface area (Å²) in [6.45, 7) is 3.16. The number of fused-ring (bicyclic) bond motifs is 1. The molecule has 0 amide bonds. The van der Waals surface area contributed by atoms with Crippen LogP contribution < -0.4 is 5.32 Å². The van der Waals surface area contributed by atoms with Gasteiger partial charge >= 0.3 is 0 Å². The summed E-state index contributed by atoms with van der Waals surface area (Å²) in [4.78, 5) is 4.67. The van der Waals surface area contributed by atoms with E-state index in [0.29, 0.717) is 18.0 Å². The van der Waals surface area contributed by atoms with E-state index in [1.165, 1.54) is 12.1 Å². The van der Waals surface area contributed by atoms with E-state index in [2.05, 4.69) is 10.3 Å². The number of benzene rings is 1. The van der Waals surface area contributed by atoms with E-state index in [-0.39, 0.29) is 5.69 Å². The van der Waals surface area contributed by atoms with Crippen LogP contribution in [0.2, 0.25) is 0 Å². The lowest BCUT2D eigenvalue weighted by molar-refractivity contribution is 0.551. The maximum atomic E-state index is 14.6. The van der Waals surface area contributed by atoms with Crippen molar-refractivity contribution in [2.45, 2.75) is 38.6 Å². The smallest absolute Gasteiger partial charge is 0.153 e. The second-order valence-corrected chi connectivity index (χ2v) is 5.93. The zero-order chi connectivity index (χ0) is 14.6. The van der Waals surface area contributed by atoms with Crippen molar-refractivity contribution >= 4 is 0 Å². The molecular formula is C16H17F2N3. The summed E-state index contributed by atoms with van der Waals surface area (Å²) in [7, 11) is 0. The standard InChI is InChI=1S/C16H17F2N3/c1-9-2-5-11(17)15(14(9)18)21-13-6-7-19-8-12(13)20-16(21)10-3-4-10/h2,5,10,19H,3-4,6-8H2,1H3. The molecule has 0 unspecified atom stereocenters. The van der Waals surface area contributed by atoms with Crippen molar-refractivity contribution in [3.05, 3.63) is 46.5 Å². The minimum Gasteiger partial charge on any atom is -0.311 e. The lowest BCUT2D eigenvalue weighted by Gasteiger charge is -2.18. The zero-order valence-electron chi connectivity index (χ0n) is 11.9. The molecule has 3 nitrogen and oxygen atoms in total. The van der Waals surface area contributed by atoms with Gasteiger partial charge in [-0.3, -0.25) is 4.57 Å². The molecule has 110 valence electrons. The first-order chi connectivity index (χ1) is 10.2. The van der Waals surface area contributed by atoms with Gasteiger partial charge in [-0.15, -0.1) is 0 Å². The number of aromatic nitrogens is 2. The number of nitrogens with zero attached hydrogens (tertiary/aromatic N) is 2. The van der Waals surface area contributed by atoms with Gasteiger partial charge < -0.3 is 5.32 Å². The molecular weight excluding hydrogens is 272 g/mol. The van der Waals surface area contributed by atoms with Crippen molar-refractivity contribution < 1.29 is 8.78 Å². The Labute approximate surface area is 122 Å². The third kappa shape index (κ3) is 1.99. The Bertz CT molecular complexity index is 717. The first-order valence-corrected chi connectivity index (χ1v) is 7.43. The van der Waals surface area contributed by atoms with E-state index < -0.39 is 11.6 Å². The molecule has 1 aliphatic carbocycles. The molecule has 0 saturated heterocycles. The summed E-state index contributed by atoms with van der Waals surface area (Å²) in [6, 6.07) is 2.83. The normalized spacial score (nSPS) is 17.9. The third-order valence-electron chi connectivity index (χ3n) is 4.34. The van der Waals surface area contributed by atoms with Gasteiger partial charge in [0, 0.05) is 31.1 Å². The van der Waals surface area contributed by atoms with Crippen molar-refractivity contribution in [1.29, 1.82) is 0 Å². The Hall–Kier alpha value is -1.75. The highest BCUT2D eigenvalue weighted by Gasteiger charge is 2.34. The third-order valence-corrected chi connectivity index (χ3v) is 4.34. The van der Waals surface area contributed by atoms with Crippen LogP contribution >= 0.6 is 0 Å². The van der Waals surface area contributed by atoms with Crippen LogP contribution in [0, 0.1) is 18.6 Å². The summed E-state index contributed by atoms with van der Waals surface area (Å²) in [5.74, 6) is 0.177. The maximum absolute atomic E-state index is 14.6. The summed E-state index contributed by atoms with van der Waals surface area (Å²) in [5.41, 5.74) is 2.40. The molecule has 0 spiro atoms. The number of aryl methyl sites for hydroxylation is 1. The second kappa shape index (κ2) is 4.63. The highest BCUT2D eigenvalue weighted by Crippen LogP contribution is 2.42. The number of halogens is 2. The molecule has 1 fully saturated rings. The lowest BCUT2D eigenvalue weighted by Crippen LogP contribution is -2.25. The molecule has 5 heteroatoms. The Morgan fingerprint density at radius 3 is 2.86 bits per heavy atom. The average Bonchev–Trinajstić information content (AvgIpc) is 3.26. The van der Waals surface area contributed by atoms with Gasteiger partial charge in [-0.2, -0.15) is 0 Å². The Balaban J connectivity index is 2.00. The van der Waals surface area contributed by atoms with Crippen LogP contribution in [0.3, 0.4) is 0 Å². The number of rotatable bonds is 2. The van der Waals surface area contributed by atoms with Crippen LogP contribution in [0.5, 0.6) is 0 Å². The Morgan fingerprint density at radius 1 is 1.29 bits per heavy atom. The van der Waals surface area contributed by atoms with E-state index in [9.17, 15) is 8.78 Å². The monoisotopic (exact) mass is 289 g/mol. The molecule has 21 heavy (non-hydrogen) atoms. The quantitative estimate of drug-likeness (QED) is 0.921. The van der Waals surface area contributed by atoms with E-state index in [0.717, 1.165) is 43.0 Å². The molecule has 1 aromatic carbocycles. The van der Waals surface area contributed by atoms with Crippen LogP contribution in [0.15, 0.2) is 12.1 Å². The van der Waals surface area contributed by atoms with Crippen LogP contribution in [-0.2, 0) is 13.0 Å². The van der Waals surface area contributed by atoms with Gasteiger partial charge in [0.25, 0.3) is 0 Å². The van der Waals surface area contributed by atoms with Gasteiger partial charge in [-0.25, -0.2) is 13.8 Å². The molecule has 0 atom stereocenters. The van der Waals surface area contributed by atoms with Gasteiger partial charge in [0.2, 0.25) is 0 Å². The number of imidazole rings is 1. The van der Waals surface area contributed by atoms with Crippen molar-refractivity contribution in [2.24, 2.45) is 0 Å². The summed E-state index contributed by atoms with van der Waals surface area (Å²) < 4.78 is 30.6. The zero-order valence-corrected chi connectivity index (χ0v) is 11.9. The number of hydrogen-bond donors (Lipinski definition) is 1. The molecule has 0 bridgehead atoms. The fraction of sp³-hybridized carbons (Fsp3) is 0.438. The lowest BCUT2D eigenvalue weighted by atomic mass is 10.1. The molecule has 1 aliphatic heterocycles. The van der Waals surface area contributed by atoms with Crippen LogP contribution in [0.1, 0.15) is 41.5 Å². The SMILES string of the molecule is Cc1ccc(F)c(-n2c(C3CC3)nc3c2CCNC3)c1F.